The van der Waals surface area contributed by atoms with E-state index in [0.29, 0.717) is 0 Å². The lowest BCUT2D eigenvalue weighted by Gasteiger charge is -2.39. The molecule has 5 unspecified atom stereocenters. The van der Waals surface area contributed by atoms with Crippen molar-refractivity contribution in [2.24, 2.45) is 41.4 Å². The summed E-state index contributed by atoms with van der Waals surface area (Å²) in [5.74, 6) is 6.93. The fourth-order valence-corrected chi connectivity index (χ4v) is 5.32. The van der Waals surface area contributed by atoms with Gasteiger partial charge in [-0.15, -0.1) is 0 Å². The summed E-state index contributed by atoms with van der Waals surface area (Å²) < 4.78 is 0. The molecule has 0 aliphatic heterocycles. The first-order valence-corrected chi connectivity index (χ1v) is 8.94. The van der Waals surface area contributed by atoms with E-state index in [1.165, 1.54) is 38.5 Å². The van der Waals surface area contributed by atoms with Gasteiger partial charge in [0.05, 0.1) is 0 Å². The Labute approximate surface area is 121 Å². The van der Waals surface area contributed by atoms with Crippen LogP contribution >= 0.6 is 0 Å². The van der Waals surface area contributed by atoms with Crippen molar-refractivity contribution in [2.45, 2.75) is 79.6 Å². The molecule has 0 aromatic carbocycles. The van der Waals surface area contributed by atoms with Gasteiger partial charge in [0.15, 0.2) is 0 Å². The van der Waals surface area contributed by atoms with Crippen molar-refractivity contribution in [1.82, 2.24) is 0 Å². The standard InChI is InChI=1S/C19H36/c1-13(2)19-10-16(5)9-18(12-19)11-17-7-14(3)6-15(4)8-17/h13-19H,6-12H2,1-5H3. The third-order valence-corrected chi connectivity index (χ3v) is 5.96. The predicted octanol–water partition coefficient (Wildman–Crippen LogP) is 6.16. The molecule has 0 aromatic heterocycles. The van der Waals surface area contributed by atoms with E-state index in [2.05, 4.69) is 34.6 Å². The van der Waals surface area contributed by atoms with Crippen LogP contribution in [0.15, 0.2) is 0 Å². The van der Waals surface area contributed by atoms with Crippen LogP contribution < -0.4 is 0 Å². The van der Waals surface area contributed by atoms with Crippen molar-refractivity contribution in [3.05, 3.63) is 0 Å². The molecule has 0 heterocycles. The molecule has 2 aliphatic rings. The van der Waals surface area contributed by atoms with Crippen molar-refractivity contribution in [3.8, 4) is 0 Å². The molecule has 0 N–H and O–H groups in total. The van der Waals surface area contributed by atoms with Crippen LogP contribution in [0.25, 0.3) is 0 Å². The Hall–Kier alpha value is 0. The number of hydrogen-bond acceptors (Lipinski definition) is 0. The van der Waals surface area contributed by atoms with Crippen LogP contribution in [-0.2, 0) is 0 Å². The molecule has 0 spiro atoms. The summed E-state index contributed by atoms with van der Waals surface area (Å²) in [5, 5.41) is 0. The maximum Gasteiger partial charge on any atom is -0.0386 e. The molecule has 0 bridgehead atoms. The third kappa shape index (κ3) is 4.50. The highest BCUT2D eigenvalue weighted by atomic mass is 14.4. The van der Waals surface area contributed by atoms with E-state index in [4.69, 9.17) is 0 Å². The quantitative estimate of drug-likeness (QED) is 0.573. The second-order valence-corrected chi connectivity index (χ2v) is 8.70. The molecule has 0 radical (unpaired) electrons. The van der Waals surface area contributed by atoms with Gasteiger partial charge >= 0.3 is 0 Å². The van der Waals surface area contributed by atoms with Gasteiger partial charge < -0.3 is 0 Å². The first-order valence-electron chi connectivity index (χ1n) is 8.94. The lowest BCUT2D eigenvalue weighted by atomic mass is 9.67. The molecule has 2 aliphatic carbocycles. The zero-order chi connectivity index (χ0) is 14.0. The van der Waals surface area contributed by atoms with Gasteiger partial charge in [0.25, 0.3) is 0 Å². The van der Waals surface area contributed by atoms with Crippen molar-refractivity contribution in [2.75, 3.05) is 0 Å². The molecule has 0 heteroatoms. The summed E-state index contributed by atoms with van der Waals surface area (Å²) in [7, 11) is 0. The Balaban J connectivity index is 1.87. The van der Waals surface area contributed by atoms with Crippen LogP contribution in [0.4, 0.5) is 0 Å². The van der Waals surface area contributed by atoms with Crippen LogP contribution in [0.2, 0.25) is 0 Å². The molecule has 2 fully saturated rings. The van der Waals surface area contributed by atoms with Gasteiger partial charge in [-0.2, -0.15) is 0 Å². The summed E-state index contributed by atoms with van der Waals surface area (Å²) in [5.41, 5.74) is 0. The lowest BCUT2D eigenvalue weighted by Crippen LogP contribution is -2.28. The van der Waals surface area contributed by atoms with E-state index in [1.54, 1.807) is 6.42 Å². The van der Waals surface area contributed by atoms with Gasteiger partial charge in [0, 0.05) is 0 Å². The molecule has 0 aromatic rings. The van der Waals surface area contributed by atoms with Gasteiger partial charge in [0.1, 0.15) is 0 Å². The van der Waals surface area contributed by atoms with E-state index < -0.39 is 0 Å². The summed E-state index contributed by atoms with van der Waals surface area (Å²) in [6.45, 7) is 12.3. The Morgan fingerprint density at radius 3 is 1.68 bits per heavy atom. The van der Waals surface area contributed by atoms with Gasteiger partial charge in [-0.1, -0.05) is 34.6 Å². The minimum atomic E-state index is 0.898. The maximum atomic E-state index is 2.49. The highest BCUT2D eigenvalue weighted by molar-refractivity contribution is 4.83. The second kappa shape index (κ2) is 6.64. The topological polar surface area (TPSA) is 0 Å². The molecule has 0 nitrogen and oxygen atoms in total. The molecule has 112 valence electrons. The van der Waals surface area contributed by atoms with Gasteiger partial charge in [-0.05, 0) is 86.4 Å². The summed E-state index contributed by atoms with van der Waals surface area (Å²) in [6.07, 6.45) is 10.6. The van der Waals surface area contributed by atoms with Crippen LogP contribution in [0.3, 0.4) is 0 Å². The van der Waals surface area contributed by atoms with Crippen LogP contribution in [0.1, 0.15) is 79.6 Å². The van der Waals surface area contributed by atoms with Crippen molar-refractivity contribution in [3.63, 3.8) is 0 Å². The fraction of sp³-hybridized carbons (Fsp3) is 1.00. The Morgan fingerprint density at radius 1 is 0.684 bits per heavy atom. The lowest BCUT2D eigenvalue weighted by molar-refractivity contribution is 0.120. The van der Waals surface area contributed by atoms with E-state index in [9.17, 15) is 0 Å². The fourth-order valence-electron chi connectivity index (χ4n) is 5.32. The number of hydrogen-bond donors (Lipinski definition) is 0. The monoisotopic (exact) mass is 264 g/mol. The summed E-state index contributed by atoms with van der Waals surface area (Å²) in [6, 6.07) is 0. The number of rotatable bonds is 3. The van der Waals surface area contributed by atoms with Crippen LogP contribution in [-0.4, -0.2) is 0 Å². The SMILES string of the molecule is CC1CC(C)CC(CC2CC(C)CC(C(C)C)C2)C1. The summed E-state index contributed by atoms with van der Waals surface area (Å²) in [4.78, 5) is 0. The highest BCUT2D eigenvalue weighted by Gasteiger charge is 2.32. The Morgan fingerprint density at radius 2 is 1.16 bits per heavy atom. The second-order valence-electron chi connectivity index (χ2n) is 8.70. The minimum absolute atomic E-state index is 0.898. The van der Waals surface area contributed by atoms with Crippen molar-refractivity contribution in [1.29, 1.82) is 0 Å². The molecular formula is C19H36. The zero-order valence-electron chi connectivity index (χ0n) is 14.0. The normalized spacial score (nSPS) is 44.5. The average molecular weight is 264 g/mol. The molecule has 19 heavy (non-hydrogen) atoms. The van der Waals surface area contributed by atoms with E-state index >= 15 is 0 Å². The van der Waals surface area contributed by atoms with Gasteiger partial charge in [-0.25, -0.2) is 0 Å². The Kier molecular flexibility index (Phi) is 5.37. The molecule has 2 rings (SSSR count). The predicted molar refractivity (Wildman–Crippen MR) is 85.1 cm³/mol. The van der Waals surface area contributed by atoms with Crippen molar-refractivity contribution < 1.29 is 0 Å². The zero-order valence-corrected chi connectivity index (χ0v) is 14.0. The van der Waals surface area contributed by atoms with Gasteiger partial charge in [0.2, 0.25) is 0 Å². The maximum absolute atomic E-state index is 2.49. The molecule has 2 saturated carbocycles. The minimum Gasteiger partial charge on any atom is -0.0625 e. The first-order chi connectivity index (χ1) is 8.94. The third-order valence-electron chi connectivity index (χ3n) is 5.96. The highest BCUT2D eigenvalue weighted by Crippen LogP contribution is 2.43. The molecular weight excluding hydrogens is 228 g/mol. The first kappa shape index (κ1) is 15.4. The van der Waals surface area contributed by atoms with Crippen LogP contribution in [0, 0.1) is 41.4 Å². The average Bonchev–Trinajstić information content (AvgIpc) is 2.26. The van der Waals surface area contributed by atoms with Crippen LogP contribution in [0.5, 0.6) is 0 Å². The van der Waals surface area contributed by atoms with E-state index in [1.807, 2.05) is 0 Å². The largest absolute Gasteiger partial charge is 0.0625 e. The van der Waals surface area contributed by atoms with E-state index in [0.717, 1.165) is 41.4 Å². The molecule has 0 amide bonds. The summed E-state index contributed by atoms with van der Waals surface area (Å²) >= 11 is 0. The smallest absolute Gasteiger partial charge is 0.0386 e. The van der Waals surface area contributed by atoms with Gasteiger partial charge in [-0.3, -0.25) is 0 Å². The molecule has 5 atom stereocenters. The molecule has 0 saturated heterocycles. The van der Waals surface area contributed by atoms with Crippen molar-refractivity contribution >= 4 is 0 Å². The van der Waals surface area contributed by atoms with E-state index in [-0.39, 0.29) is 0 Å². The Bertz CT molecular complexity index is 257.